The van der Waals surface area contributed by atoms with Gasteiger partial charge in [-0.25, -0.2) is 0 Å². The van der Waals surface area contributed by atoms with Crippen LogP contribution in [0.5, 0.6) is 5.75 Å². The summed E-state index contributed by atoms with van der Waals surface area (Å²) in [6, 6.07) is 5.78. The van der Waals surface area contributed by atoms with Crippen molar-refractivity contribution in [1.82, 2.24) is 0 Å². The predicted molar refractivity (Wildman–Crippen MR) is 85.8 cm³/mol. The monoisotopic (exact) mass is 361 g/mol. The molecule has 0 radical (unpaired) electrons. The maximum Gasteiger partial charge on any atom is 0.125 e. The number of methoxy groups -OCH3 is 1. The van der Waals surface area contributed by atoms with E-state index in [0.29, 0.717) is 39.6 Å². The van der Waals surface area contributed by atoms with Crippen LogP contribution in [-0.2, 0) is 14.2 Å². The Kier molecular flexibility index (Phi) is 9.62. The van der Waals surface area contributed by atoms with Crippen molar-refractivity contribution in [2.75, 3.05) is 46.8 Å². The Balaban J connectivity index is 2.19. The molecule has 1 aromatic rings. The highest BCUT2D eigenvalue weighted by Gasteiger charge is 2.08. The Morgan fingerprint density at radius 2 is 1.67 bits per heavy atom. The van der Waals surface area contributed by atoms with E-state index >= 15 is 0 Å². The van der Waals surface area contributed by atoms with Crippen molar-refractivity contribution >= 4 is 15.9 Å². The van der Waals surface area contributed by atoms with Gasteiger partial charge in [-0.15, -0.1) is 0 Å². The second kappa shape index (κ2) is 11.0. The Morgan fingerprint density at radius 3 is 2.29 bits per heavy atom. The minimum Gasteiger partial charge on any atom is -0.491 e. The molecule has 0 aliphatic heterocycles. The number of ether oxygens (including phenoxy) is 4. The van der Waals surface area contributed by atoms with Gasteiger partial charge in [-0.1, -0.05) is 22.0 Å². The first kappa shape index (κ1) is 18.4. The standard InChI is InChI=1S/C15H24BrNO4/c1-12(17)14-4-3-13(16)11-15(14)21-10-9-20-8-7-19-6-5-18-2/h3-4,11-12H,5-10,17H2,1-2H3. The van der Waals surface area contributed by atoms with Crippen LogP contribution in [-0.4, -0.2) is 46.8 Å². The maximum absolute atomic E-state index is 5.92. The fraction of sp³-hybridized carbons (Fsp3) is 0.600. The van der Waals surface area contributed by atoms with Crippen molar-refractivity contribution in [1.29, 1.82) is 0 Å². The second-order valence-corrected chi connectivity index (χ2v) is 5.45. The van der Waals surface area contributed by atoms with Crippen LogP contribution < -0.4 is 10.5 Å². The molecule has 6 heteroatoms. The molecule has 0 spiro atoms. The van der Waals surface area contributed by atoms with Crippen molar-refractivity contribution in [3.63, 3.8) is 0 Å². The van der Waals surface area contributed by atoms with Crippen LogP contribution >= 0.6 is 15.9 Å². The lowest BCUT2D eigenvalue weighted by molar-refractivity contribution is 0.0179. The molecule has 0 heterocycles. The molecular weight excluding hydrogens is 338 g/mol. The van der Waals surface area contributed by atoms with E-state index in [9.17, 15) is 0 Å². The lowest BCUT2D eigenvalue weighted by atomic mass is 10.1. The highest BCUT2D eigenvalue weighted by molar-refractivity contribution is 9.10. The molecule has 0 saturated heterocycles. The summed E-state index contributed by atoms with van der Waals surface area (Å²) >= 11 is 3.43. The molecule has 2 N–H and O–H groups in total. The van der Waals surface area contributed by atoms with Crippen LogP contribution in [0, 0.1) is 0 Å². The van der Waals surface area contributed by atoms with Gasteiger partial charge in [0.15, 0.2) is 0 Å². The first-order valence-electron chi connectivity index (χ1n) is 6.97. The van der Waals surface area contributed by atoms with Gasteiger partial charge in [0.2, 0.25) is 0 Å². The second-order valence-electron chi connectivity index (χ2n) is 4.54. The van der Waals surface area contributed by atoms with Gasteiger partial charge in [0.1, 0.15) is 12.4 Å². The molecule has 1 atom stereocenters. The molecule has 5 nitrogen and oxygen atoms in total. The van der Waals surface area contributed by atoms with Crippen molar-refractivity contribution in [3.8, 4) is 5.75 Å². The number of hydrogen-bond donors (Lipinski definition) is 1. The highest BCUT2D eigenvalue weighted by Crippen LogP contribution is 2.27. The summed E-state index contributed by atoms with van der Waals surface area (Å²) in [4.78, 5) is 0. The molecule has 0 aliphatic carbocycles. The average molecular weight is 362 g/mol. The molecule has 0 saturated carbocycles. The van der Waals surface area contributed by atoms with Gasteiger partial charge in [-0.05, 0) is 19.1 Å². The van der Waals surface area contributed by atoms with E-state index in [-0.39, 0.29) is 6.04 Å². The van der Waals surface area contributed by atoms with Gasteiger partial charge in [0.25, 0.3) is 0 Å². The molecule has 0 aliphatic rings. The molecule has 1 unspecified atom stereocenters. The lowest BCUT2D eigenvalue weighted by Gasteiger charge is -2.14. The molecule has 120 valence electrons. The number of rotatable bonds is 11. The number of halogens is 1. The van der Waals surface area contributed by atoms with E-state index in [1.165, 1.54) is 0 Å². The van der Waals surface area contributed by atoms with Crippen LogP contribution in [0.15, 0.2) is 22.7 Å². The van der Waals surface area contributed by atoms with Gasteiger partial charge >= 0.3 is 0 Å². The first-order valence-corrected chi connectivity index (χ1v) is 7.76. The molecule has 1 aromatic carbocycles. The molecule has 21 heavy (non-hydrogen) atoms. The summed E-state index contributed by atoms with van der Waals surface area (Å²) in [6.07, 6.45) is 0. The van der Waals surface area contributed by atoms with E-state index in [0.717, 1.165) is 15.8 Å². The maximum atomic E-state index is 5.92. The third-order valence-corrected chi connectivity index (χ3v) is 3.25. The van der Waals surface area contributed by atoms with Crippen molar-refractivity contribution < 1.29 is 18.9 Å². The Bertz CT molecular complexity index is 401. The summed E-state index contributed by atoms with van der Waals surface area (Å²) in [5, 5.41) is 0. The van der Waals surface area contributed by atoms with Gasteiger partial charge in [0.05, 0.1) is 33.0 Å². The third kappa shape index (κ3) is 7.78. The van der Waals surface area contributed by atoms with Crippen molar-refractivity contribution in [2.24, 2.45) is 5.73 Å². The smallest absolute Gasteiger partial charge is 0.125 e. The normalized spacial score (nSPS) is 12.4. The molecule has 0 amide bonds. The van der Waals surface area contributed by atoms with E-state index in [2.05, 4.69) is 15.9 Å². The lowest BCUT2D eigenvalue weighted by Crippen LogP contribution is -2.14. The topological polar surface area (TPSA) is 62.9 Å². The Labute approximate surface area is 134 Å². The number of hydrogen-bond acceptors (Lipinski definition) is 5. The van der Waals surface area contributed by atoms with Gasteiger partial charge in [0, 0.05) is 23.2 Å². The Hall–Kier alpha value is -0.660. The van der Waals surface area contributed by atoms with Crippen LogP contribution in [0.4, 0.5) is 0 Å². The summed E-state index contributed by atoms with van der Waals surface area (Å²) in [5.41, 5.74) is 6.91. The minimum atomic E-state index is -0.0665. The molecule has 0 bridgehead atoms. The highest BCUT2D eigenvalue weighted by atomic mass is 79.9. The van der Waals surface area contributed by atoms with Gasteiger partial charge < -0.3 is 24.7 Å². The van der Waals surface area contributed by atoms with Crippen LogP contribution in [0.2, 0.25) is 0 Å². The van der Waals surface area contributed by atoms with Gasteiger partial charge in [-0.3, -0.25) is 0 Å². The molecule has 0 fully saturated rings. The van der Waals surface area contributed by atoms with Crippen molar-refractivity contribution in [2.45, 2.75) is 13.0 Å². The molecule has 0 aromatic heterocycles. The average Bonchev–Trinajstić information content (AvgIpc) is 2.45. The summed E-state index contributed by atoms with van der Waals surface area (Å²) in [7, 11) is 1.65. The zero-order chi connectivity index (χ0) is 15.5. The van der Waals surface area contributed by atoms with E-state index in [4.69, 9.17) is 24.7 Å². The zero-order valence-corrected chi connectivity index (χ0v) is 14.2. The largest absolute Gasteiger partial charge is 0.491 e. The Morgan fingerprint density at radius 1 is 1.05 bits per heavy atom. The number of benzene rings is 1. The molecular formula is C15H24BrNO4. The SMILES string of the molecule is COCCOCCOCCOc1cc(Br)ccc1C(C)N. The third-order valence-electron chi connectivity index (χ3n) is 2.76. The van der Waals surface area contributed by atoms with Crippen molar-refractivity contribution in [3.05, 3.63) is 28.2 Å². The predicted octanol–water partition coefficient (Wildman–Crippen LogP) is 2.53. The fourth-order valence-corrected chi connectivity index (χ4v) is 2.02. The quantitative estimate of drug-likeness (QED) is 0.613. The fourth-order valence-electron chi connectivity index (χ4n) is 1.68. The molecule has 1 rings (SSSR count). The van der Waals surface area contributed by atoms with Crippen LogP contribution in [0.1, 0.15) is 18.5 Å². The minimum absolute atomic E-state index is 0.0665. The van der Waals surface area contributed by atoms with E-state index in [1.807, 2.05) is 25.1 Å². The van der Waals surface area contributed by atoms with E-state index in [1.54, 1.807) is 7.11 Å². The summed E-state index contributed by atoms with van der Waals surface area (Å²) in [6.45, 7) is 5.23. The van der Waals surface area contributed by atoms with Crippen LogP contribution in [0.3, 0.4) is 0 Å². The van der Waals surface area contributed by atoms with Gasteiger partial charge in [-0.2, -0.15) is 0 Å². The number of nitrogens with two attached hydrogens (primary N) is 1. The van der Waals surface area contributed by atoms with Crippen LogP contribution in [0.25, 0.3) is 0 Å². The summed E-state index contributed by atoms with van der Waals surface area (Å²) < 4.78 is 22.3. The summed E-state index contributed by atoms with van der Waals surface area (Å²) in [5.74, 6) is 0.791. The first-order chi connectivity index (χ1) is 10.1. The van der Waals surface area contributed by atoms with E-state index < -0.39 is 0 Å². The zero-order valence-electron chi connectivity index (χ0n) is 12.6.